The number of aromatic hydroxyl groups is 1. The van der Waals surface area contributed by atoms with Crippen LogP contribution in [0.3, 0.4) is 0 Å². The minimum Gasteiger partial charge on any atom is -0.507 e. The van der Waals surface area contributed by atoms with Gasteiger partial charge in [0, 0.05) is 12.3 Å². The monoisotopic (exact) mass is 302 g/mol. The van der Waals surface area contributed by atoms with Crippen LogP contribution in [0.25, 0.3) is 11.1 Å². The number of alkyl halides is 1. The summed E-state index contributed by atoms with van der Waals surface area (Å²) in [7, 11) is 0. The largest absolute Gasteiger partial charge is 0.507 e. The summed E-state index contributed by atoms with van der Waals surface area (Å²) in [4.78, 5) is 12.3. The second kappa shape index (κ2) is 6.77. The first-order valence-corrected chi connectivity index (χ1v) is 7.63. The van der Waals surface area contributed by atoms with Gasteiger partial charge in [-0.05, 0) is 35.6 Å². The van der Waals surface area contributed by atoms with E-state index in [1.165, 1.54) is 0 Å². The number of rotatable bonds is 5. The number of aryl methyl sites for hydroxylation is 2. The first kappa shape index (κ1) is 15.6. The van der Waals surface area contributed by atoms with E-state index in [4.69, 9.17) is 11.6 Å². The molecule has 2 aromatic carbocycles. The van der Waals surface area contributed by atoms with Gasteiger partial charge < -0.3 is 5.11 Å². The number of carbonyl (C=O) groups is 1. The van der Waals surface area contributed by atoms with Gasteiger partial charge in [-0.15, -0.1) is 11.6 Å². The molecule has 0 spiro atoms. The number of hydrogen-bond acceptors (Lipinski definition) is 2. The van der Waals surface area contributed by atoms with Gasteiger partial charge in [0.2, 0.25) is 0 Å². The van der Waals surface area contributed by atoms with E-state index in [9.17, 15) is 9.90 Å². The second-order valence-corrected chi connectivity index (χ2v) is 5.41. The Morgan fingerprint density at radius 3 is 2.48 bits per heavy atom. The minimum absolute atomic E-state index is 0.0501. The van der Waals surface area contributed by atoms with E-state index in [0.717, 1.165) is 16.7 Å². The summed E-state index contributed by atoms with van der Waals surface area (Å²) in [6, 6.07) is 11.6. The normalized spacial score (nSPS) is 10.6. The number of hydrogen-bond donors (Lipinski definition) is 1. The van der Waals surface area contributed by atoms with Gasteiger partial charge in [0.15, 0.2) is 5.78 Å². The molecule has 3 heteroatoms. The van der Waals surface area contributed by atoms with Crippen molar-refractivity contribution in [2.24, 2.45) is 0 Å². The third-order valence-electron chi connectivity index (χ3n) is 3.60. The van der Waals surface area contributed by atoms with Gasteiger partial charge in [0.05, 0.1) is 5.56 Å². The van der Waals surface area contributed by atoms with Crippen LogP contribution in [0.15, 0.2) is 36.4 Å². The molecule has 0 amide bonds. The number of benzene rings is 2. The molecule has 110 valence electrons. The molecular formula is C18H19ClO2. The Hall–Kier alpha value is -1.80. The molecule has 0 aromatic heterocycles. The Morgan fingerprint density at radius 1 is 1.24 bits per heavy atom. The Labute approximate surface area is 130 Å². The van der Waals surface area contributed by atoms with E-state index in [1.54, 1.807) is 6.92 Å². The number of phenols is 1. The van der Waals surface area contributed by atoms with Gasteiger partial charge in [0.1, 0.15) is 5.75 Å². The SMILES string of the molecule is CCC(=O)c1c(O)c(C)cc(CCCl)c1-c1ccccc1. The molecule has 0 heterocycles. The molecule has 1 N–H and O–H groups in total. The molecular weight excluding hydrogens is 284 g/mol. The fourth-order valence-electron chi connectivity index (χ4n) is 2.56. The highest BCUT2D eigenvalue weighted by Gasteiger charge is 2.21. The van der Waals surface area contributed by atoms with Crippen molar-refractivity contribution >= 4 is 17.4 Å². The molecule has 0 unspecified atom stereocenters. The lowest BCUT2D eigenvalue weighted by molar-refractivity contribution is 0.0986. The minimum atomic E-state index is -0.0501. The lowest BCUT2D eigenvalue weighted by atomic mass is 9.88. The zero-order chi connectivity index (χ0) is 15.4. The highest BCUT2D eigenvalue weighted by Crippen LogP contribution is 2.37. The summed E-state index contributed by atoms with van der Waals surface area (Å²) in [5, 5.41) is 10.4. The molecule has 0 aliphatic rings. The Morgan fingerprint density at radius 2 is 1.90 bits per heavy atom. The lowest BCUT2D eigenvalue weighted by Gasteiger charge is -2.17. The van der Waals surface area contributed by atoms with Crippen LogP contribution >= 0.6 is 11.6 Å². The Balaban J connectivity index is 2.80. The molecule has 0 saturated heterocycles. The summed E-state index contributed by atoms with van der Waals surface area (Å²) in [6.07, 6.45) is 1.02. The van der Waals surface area contributed by atoms with Gasteiger partial charge in [0.25, 0.3) is 0 Å². The Kier molecular flexibility index (Phi) is 5.03. The molecule has 0 aliphatic carbocycles. The fourth-order valence-corrected chi connectivity index (χ4v) is 2.76. The topological polar surface area (TPSA) is 37.3 Å². The molecule has 2 rings (SSSR count). The van der Waals surface area contributed by atoms with Crippen LogP contribution in [0, 0.1) is 6.92 Å². The summed E-state index contributed by atoms with van der Waals surface area (Å²) in [6.45, 7) is 3.62. The van der Waals surface area contributed by atoms with Gasteiger partial charge in [-0.25, -0.2) is 0 Å². The highest BCUT2D eigenvalue weighted by molar-refractivity contribution is 6.18. The average Bonchev–Trinajstić information content (AvgIpc) is 2.50. The average molecular weight is 303 g/mol. The summed E-state index contributed by atoms with van der Waals surface area (Å²) >= 11 is 5.91. The zero-order valence-corrected chi connectivity index (χ0v) is 13.1. The standard InChI is InChI=1S/C18H19ClO2/c1-3-15(20)17-16(13-7-5-4-6-8-13)14(9-10-19)11-12(2)18(17)21/h4-8,11,21H,3,9-10H2,1-2H3. The van der Waals surface area contributed by atoms with Crippen LogP contribution in [0.1, 0.15) is 34.8 Å². The number of carbonyl (C=O) groups excluding carboxylic acids is 1. The molecule has 0 saturated carbocycles. The van der Waals surface area contributed by atoms with Crippen molar-refractivity contribution in [2.75, 3.05) is 5.88 Å². The van der Waals surface area contributed by atoms with E-state index in [-0.39, 0.29) is 11.5 Å². The molecule has 0 bridgehead atoms. The maximum absolute atomic E-state index is 12.3. The summed E-state index contributed by atoms with van der Waals surface area (Å²) < 4.78 is 0. The van der Waals surface area contributed by atoms with E-state index < -0.39 is 0 Å². The van der Waals surface area contributed by atoms with Crippen molar-refractivity contribution in [1.82, 2.24) is 0 Å². The van der Waals surface area contributed by atoms with E-state index >= 15 is 0 Å². The first-order valence-electron chi connectivity index (χ1n) is 7.10. The maximum Gasteiger partial charge on any atom is 0.166 e. The summed E-state index contributed by atoms with van der Waals surface area (Å²) in [5.41, 5.74) is 3.88. The Bertz CT molecular complexity index is 648. The molecule has 2 aromatic rings. The lowest BCUT2D eigenvalue weighted by Crippen LogP contribution is -2.06. The van der Waals surface area contributed by atoms with Crippen LogP contribution in [0.5, 0.6) is 5.75 Å². The van der Waals surface area contributed by atoms with Gasteiger partial charge in [-0.1, -0.05) is 43.3 Å². The van der Waals surface area contributed by atoms with Crippen molar-refractivity contribution in [3.63, 3.8) is 0 Å². The van der Waals surface area contributed by atoms with Crippen molar-refractivity contribution in [3.8, 4) is 16.9 Å². The number of Topliss-reactive ketones (excluding diaryl/α,β-unsaturated/α-hetero) is 1. The molecule has 0 radical (unpaired) electrons. The highest BCUT2D eigenvalue weighted by atomic mass is 35.5. The maximum atomic E-state index is 12.3. The third kappa shape index (κ3) is 3.11. The number of ketones is 1. The van der Waals surface area contributed by atoms with Crippen LogP contribution in [-0.2, 0) is 6.42 Å². The van der Waals surface area contributed by atoms with Crippen LogP contribution in [0.4, 0.5) is 0 Å². The molecule has 0 atom stereocenters. The molecule has 21 heavy (non-hydrogen) atoms. The van der Waals surface area contributed by atoms with Crippen molar-refractivity contribution in [3.05, 3.63) is 53.1 Å². The molecule has 2 nitrogen and oxygen atoms in total. The van der Waals surface area contributed by atoms with Crippen LogP contribution < -0.4 is 0 Å². The smallest absolute Gasteiger partial charge is 0.166 e. The third-order valence-corrected chi connectivity index (χ3v) is 3.79. The van der Waals surface area contributed by atoms with Gasteiger partial charge >= 0.3 is 0 Å². The van der Waals surface area contributed by atoms with Gasteiger partial charge in [-0.3, -0.25) is 4.79 Å². The fraction of sp³-hybridized carbons (Fsp3) is 0.278. The molecule has 0 fully saturated rings. The van der Waals surface area contributed by atoms with E-state index in [1.807, 2.05) is 43.3 Å². The first-order chi connectivity index (χ1) is 10.1. The van der Waals surface area contributed by atoms with Crippen LogP contribution in [-0.4, -0.2) is 16.8 Å². The van der Waals surface area contributed by atoms with Crippen molar-refractivity contribution in [2.45, 2.75) is 26.7 Å². The van der Waals surface area contributed by atoms with Crippen LogP contribution in [0.2, 0.25) is 0 Å². The van der Waals surface area contributed by atoms with Crippen molar-refractivity contribution < 1.29 is 9.90 Å². The van der Waals surface area contributed by atoms with Gasteiger partial charge in [-0.2, -0.15) is 0 Å². The van der Waals surface area contributed by atoms with E-state index in [2.05, 4.69) is 0 Å². The van der Waals surface area contributed by atoms with E-state index in [0.29, 0.717) is 29.8 Å². The number of halogens is 1. The predicted molar refractivity (Wildman–Crippen MR) is 87.3 cm³/mol. The predicted octanol–water partition coefficient (Wildman–Crippen LogP) is 4.74. The quantitative estimate of drug-likeness (QED) is 0.639. The molecule has 0 aliphatic heterocycles. The second-order valence-electron chi connectivity index (χ2n) is 5.03. The summed E-state index contributed by atoms with van der Waals surface area (Å²) in [5.74, 6) is 0.508. The number of phenolic OH excluding ortho intramolecular Hbond substituents is 1. The van der Waals surface area contributed by atoms with Crippen molar-refractivity contribution in [1.29, 1.82) is 0 Å². The zero-order valence-electron chi connectivity index (χ0n) is 12.3.